The molecule has 4 aromatic rings. The van der Waals surface area contributed by atoms with E-state index in [-0.39, 0.29) is 11.3 Å². The van der Waals surface area contributed by atoms with Crippen LogP contribution < -0.4 is 5.56 Å². The summed E-state index contributed by atoms with van der Waals surface area (Å²) in [6, 6.07) is 13.7. The second-order valence-electron chi connectivity index (χ2n) is 5.18. The van der Waals surface area contributed by atoms with Gasteiger partial charge in [0, 0.05) is 21.2 Å². The Morgan fingerprint density at radius 1 is 1.00 bits per heavy atom. The lowest BCUT2D eigenvalue weighted by Crippen LogP contribution is -2.03. The van der Waals surface area contributed by atoms with Crippen LogP contribution in [0.4, 0.5) is 5.69 Å². The van der Waals surface area contributed by atoms with Crippen molar-refractivity contribution in [1.82, 2.24) is 4.98 Å². The quantitative estimate of drug-likeness (QED) is 0.532. The lowest BCUT2D eigenvalue weighted by molar-refractivity contribution is 0.475. The van der Waals surface area contributed by atoms with Gasteiger partial charge < -0.3 is 10.1 Å². The molecule has 0 saturated carbocycles. The largest absolute Gasteiger partial charge is 0.508 e. The van der Waals surface area contributed by atoms with Gasteiger partial charge in [-0.25, -0.2) is 0 Å². The molecule has 0 amide bonds. The maximum atomic E-state index is 12.3. The van der Waals surface area contributed by atoms with Crippen LogP contribution in [0, 0.1) is 4.91 Å². The predicted molar refractivity (Wildman–Crippen MR) is 92.5 cm³/mol. The Bertz CT molecular complexity index is 1110. The van der Waals surface area contributed by atoms with Crippen LogP contribution in [0.25, 0.3) is 31.4 Å². The number of phenols is 1. The first kappa shape index (κ1) is 13.7. The van der Waals surface area contributed by atoms with Gasteiger partial charge in [-0.15, -0.1) is 16.2 Å². The molecule has 0 aliphatic rings. The van der Waals surface area contributed by atoms with Crippen molar-refractivity contribution in [3.05, 3.63) is 63.8 Å². The standard InChI is InChI=1S/C17H10N2O3S/c20-11-4-1-9(2-5-11)15-8-13-12-7-10(19-22)3-6-14(12)18-17(21)16(13)23-15/h1-8,20H,(H,18,21). The average molecular weight is 322 g/mol. The van der Waals surface area contributed by atoms with Gasteiger partial charge in [0.25, 0.3) is 5.56 Å². The van der Waals surface area contributed by atoms with E-state index in [0.29, 0.717) is 15.9 Å². The van der Waals surface area contributed by atoms with E-state index in [1.807, 2.05) is 6.07 Å². The molecule has 0 aliphatic heterocycles. The minimum atomic E-state index is -0.158. The van der Waals surface area contributed by atoms with E-state index in [1.54, 1.807) is 42.5 Å². The van der Waals surface area contributed by atoms with Crippen molar-refractivity contribution in [3.8, 4) is 16.2 Å². The monoisotopic (exact) mass is 322 g/mol. The van der Waals surface area contributed by atoms with Gasteiger partial charge in [0.05, 0.1) is 0 Å². The summed E-state index contributed by atoms with van der Waals surface area (Å²) >= 11 is 1.38. The SMILES string of the molecule is O=Nc1ccc2[nH]c(=O)c3sc(-c4ccc(O)cc4)cc3c2c1. The molecule has 0 fully saturated rings. The number of nitrogens with one attached hydrogen (secondary N) is 1. The fourth-order valence-electron chi connectivity index (χ4n) is 2.63. The van der Waals surface area contributed by atoms with E-state index < -0.39 is 0 Å². The van der Waals surface area contributed by atoms with Crippen molar-refractivity contribution in [1.29, 1.82) is 0 Å². The summed E-state index contributed by atoms with van der Waals surface area (Å²) in [6.07, 6.45) is 0. The third-order valence-electron chi connectivity index (χ3n) is 3.74. The van der Waals surface area contributed by atoms with Crippen molar-refractivity contribution in [2.75, 3.05) is 0 Å². The van der Waals surface area contributed by atoms with Crippen LogP contribution in [-0.2, 0) is 0 Å². The van der Waals surface area contributed by atoms with E-state index in [1.165, 1.54) is 11.3 Å². The lowest BCUT2D eigenvalue weighted by Gasteiger charge is -1.99. The van der Waals surface area contributed by atoms with Crippen LogP contribution >= 0.6 is 11.3 Å². The molecule has 2 heterocycles. The van der Waals surface area contributed by atoms with E-state index in [9.17, 15) is 14.8 Å². The van der Waals surface area contributed by atoms with E-state index in [2.05, 4.69) is 10.2 Å². The second-order valence-corrected chi connectivity index (χ2v) is 6.23. The van der Waals surface area contributed by atoms with Crippen LogP contribution in [0.5, 0.6) is 5.75 Å². The molecule has 0 bridgehead atoms. The highest BCUT2D eigenvalue weighted by molar-refractivity contribution is 7.22. The smallest absolute Gasteiger partial charge is 0.266 e. The number of nitroso groups, excluding NO2 is 1. The first-order chi connectivity index (χ1) is 11.2. The Hall–Kier alpha value is -2.99. The molecule has 0 saturated heterocycles. The first-order valence-electron chi connectivity index (χ1n) is 6.88. The number of pyridine rings is 1. The van der Waals surface area contributed by atoms with Crippen LogP contribution in [0.3, 0.4) is 0 Å². The molecule has 4 rings (SSSR count). The number of hydrogen-bond acceptors (Lipinski definition) is 5. The molecule has 0 radical (unpaired) electrons. The van der Waals surface area contributed by atoms with Crippen LogP contribution in [0.15, 0.2) is 58.5 Å². The lowest BCUT2D eigenvalue weighted by atomic mass is 10.1. The van der Waals surface area contributed by atoms with Gasteiger partial charge in [-0.1, -0.05) is 0 Å². The van der Waals surface area contributed by atoms with Gasteiger partial charge in [-0.3, -0.25) is 4.79 Å². The number of aromatic hydroxyl groups is 1. The highest BCUT2D eigenvalue weighted by atomic mass is 32.1. The maximum Gasteiger partial charge on any atom is 0.266 e. The number of aromatic amines is 1. The second kappa shape index (κ2) is 5.03. The zero-order chi connectivity index (χ0) is 16.0. The Morgan fingerprint density at radius 3 is 2.52 bits per heavy atom. The van der Waals surface area contributed by atoms with Gasteiger partial charge >= 0.3 is 0 Å². The third kappa shape index (κ3) is 2.20. The van der Waals surface area contributed by atoms with Crippen molar-refractivity contribution in [3.63, 3.8) is 0 Å². The topological polar surface area (TPSA) is 82.5 Å². The van der Waals surface area contributed by atoms with Crippen LogP contribution in [0.1, 0.15) is 0 Å². The molecule has 6 heteroatoms. The van der Waals surface area contributed by atoms with Gasteiger partial charge in [0.2, 0.25) is 0 Å². The summed E-state index contributed by atoms with van der Waals surface area (Å²) in [5.41, 5.74) is 1.75. The van der Waals surface area contributed by atoms with Gasteiger partial charge in [0.15, 0.2) is 0 Å². The highest BCUT2D eigenvalue weighted by Crippen LogP contribution is 2.36. The molecule has 23 heavy (non-hydrogen) atoms. The number of aromatic nitrogens is 1. The number of nitrogens with zero attached hydrogens (tertiary/aromatic N) is 1. The summed E-state index contributed by atoms with van der Waals surface area (Å²) < 4.78 is 0.601. The number of fused-ring (bicyclic) bond motifs is 3. The Morgan fingerprint density at radius 2 is 1.78 bits per heavy atom. The molecular formula is C17H10N2O3S. The predicted octanol–water partition coefficient (Wildman–Crippen LogP) is 4.51. The fourth-order valence-corrected chi connectivity index (χ4v) is 3.70. The highest BCUT2D eigenvalue weighted by Gasteiger charge is 2.12. The summed E-state index contributed by atoms with van der Waals surface area (Å²) in [4.78, 5) is 26.8. The summed E-state index contributed by atoms with van der Waals surface area (Å²) in [5, 5.41) is 13.9. The van der Waals surface area contributed by atoms with E-state index in [0.717, 1.165) is 21.2 Å². The molecule has 2 aromatic heterocycles. The van der Waals surface area contributed by atoms with Crippen molar-refractivity contribution in [2.24, 2.45) is 5.18 Å². The molecule has 112 valence electrons. The van der Waals surface area contributed by atoms with Crippen LogP contribution in [-0.4, -0.2) is 10.1 Å². The number of H-pyrrole nitrogens is 1. The Kier molecular flexibility index (Phi) is 2.99. The van der Waals surface area contributed by atoms with Crippen molar-refractivity contribution in [2.45, 2.75) is 0 Å². The molecule has 2 N–H and O–H groups in total. The zero-order valence-corrected chi connectivity index (χ0v) is 12.6. The molecule has 2 aromatic carbocycles. The molecule has 0 spiro atoms. The molecule has 5 nitrogen and oxygen atoms in total. The first-order valence-corrected chi connectivity index (χ1v) is 7.70. The van der Waals surface area contributed by atoms with E-state index >= 15 is 0 Å². The molecule has 0 atom stereocenters. The summed E-state index contributed by atoms with van der Waals surface area (Å²) in [6.45, 7) is 0. The molecule has 0 unspecified atom stereocenters. The minimum absolute atomic E-state index is 0.158. The maximum absolute atomic E-state index is 12.3. The Labute approximate surface area is 133 Å². The van der Waals surface area contributed by atoms with Crippen LogP contribution in [0.2, 0.25) is 0 Å². The zero-order valence-electron chi connectivity index (χ0n) is 11.7. The van der Waals surface area contributed by atoms with Gasteiger partial charge in [0.1, 0.15) is 16.1 Å². The summed E-state index contributed by atoms with van der Waals surface area (Å²) in [5.74, 6) is 0.194. The number of benzene rings is 2. The Balaban J connectivity index is 2.05. The van der Waals surface area contributed by atoms with Gasteiger partial charge in [-0.2, -0.15) is 0 Å². The molecule has 0 aliphatic carbocycles. The molecular weight excluding hydrogens is 312 g/mol. The number of phenolic OH excluding ortho intramolecular Hbond substituents is 1. The summed E-state index contributed by atoms with van der Waals surface area (Å²) in [7, 11) is 0. The van der Waals surface area contributed by atoms with Crippen molar-refractivity contribution >= 4 is 38.0 Å². The van der Waals surface area contributed by atoms with Gasteiger partial charge in [-0.05, 0) is 59.3 Å². The number of hydrogen-bond donors (Lipinski definition) is 2. The number of thiophene rings is 1. The fraction of sp³-hybridized carbons (Fsp3) is 0. The number of rotatable bonds is 2. The third-order valence-corrected chi connectivity index (χ3v) is 4.92. The minimum Gasteiger partial charge on any atom is -0.508 e. The van der Waals surface area contributed by atoms with E-state index in [4.69, 9.17) is 0 Å². The van der Waals surface area contributed by atoms with Crippen molar-refractivity contribution < 1.29 is 5.11 Å². The normalized spacial score (nSPS) is 11.1. The average Bonchev–Trinajstić information content (AvgIpc) is 3.01.